The third-order valence-corrected chi connectivity index (χ3v) is 6.13. The summed E-state index contributed by atoms with van der Waals surface area (Å²) in [5.74, 6) is -0.645. The molecule has 2 rings (SSSR count). The van der Waals surface area contributed by atoms with Crippen molar-refractivity contribution in [1.82, 2.24) is 4.90 Å². The Hall–Kier alpha value is -0.720. The van der Waals surface area contributed by atoms with Gasteiger partial charge in [0, 0.05) is 15.8 Å². The molecule has 0 spiro atoms. The van der Waals surface area contributed by atoms with Crippen LogP contribution in [0.3, 0.4) is 0 Å². The number of aliphatic carboxylic acids is 1. The van der Waals surface area contributed by atoms with Crippen LogP contribution in [-0.2, 0) is 4.79 Å². The molecule has 2 unspecified atom stereocenters. The lowest BCUT2D eigenvalue weighted by molar-refractivity contribution is -0.141. The molecule has 21 heavy (non-hydrogen) atoms. The molecule has 7 heteroatoms. The second kappa shape index (κ2) is 6.58. The van der Waals surface area contributed by atoms with Crippen LogP contribution in [0.4, 0.5) is 0 Å². The number of nitrogens with zero attached hydrogens (tertiary/aromatic N) is 1. The third-order valence-electron chi connectivity index (χ3n) is 3.29. The highest BCUT2D eigenvalue weighted by Gasteiger charge is 2.43. The molecule has 0 radical (unpaired) electrons. The molecule has 1 aromatic carbocycles. The summed E-state index contributed by atoms with van der Waals surface area (Å²) in [5.41, 5.74) is 0.436. The number of carbonyl (C=O) groups is 2. The largest absolute Gasteiger partial charge is 0.480 e. The number of carboxylic acid groups (broad SMARTS) is 1. The Labute approximate surface area is 141 Å². The van der Waals surface area contributed by atoms with Crippen molar-refractivity contribution in [2.75, 3.05) is 5.75 Å². The summed E-state index contributed by atoms with van der Waals surface area (Å²) in [5, 5.41) is 9.72. The van der Waals surface area contributed by atoms with Crippen LogP contribution >= 0.6 is 39.3 Å². The highest BCUT2D eigenvalue weighted by atomic mass is 79.9. The minimum absolute atomic E-state index is 0.131. The molecule has 4 nitrogen and oxygen atoms in total. The van der Waals surface area contributed by atoms with E-state index >= 15 is 0 Å². The van der Waals surface area contributed by atoms with Gasteiger partial charge < -0.3 is 10.0 Å². The molecular weight excluding hydrogens is 378 g/mol. The highest BCUT2D eigenvalue weighted by molar-refractivity contribution is 9.10. The lowest BCUT2D eigenvalue weighted by Gasteiger charge is -2.29. The van der Waals surface area contributed by atoms with Gasteiger partial charge >= 0.3 is 5.97 Å². The quantitative estimate of drug-likeness (QED) is 0.851. The molecule has 1 fully saturated rings. The fraction of sp³-hybridized carbons (Fsp3) is 0.429. The molecule has 1 saturated heterocycles. The number of carbonyl (C=O) groups excluding carboxylic acids is 1. The average Bonchev–Trinajstić information content (AvgIpc) is 2.86. The van der Waals surface area contributed by atoms with E-state index in [1.165, 1.54) is 16.7 Å². The minimum Gasteiger partial charge on any atom is -0.480 e. The number of benzene rings is 1. The first kappa shape index (κ1) is 16.6. The number of halogens is 2. The van der Waals surface area contributed by atoms with E-state index in [0.717, 1.165) is 0 Å². The van der Waals surface area contributed by atoms with Crippen molar-refractivity contribution in [3.05, 3.63) is 33.3 Å². The van der Waals surface area contributed by atoms with Gasteiger partial charge in [-0.05, 0) is 40.0 Å². The molecule has 1 amide bonds. The van der Waals surface area contributed by atoms with Gasteiger partial charge in [-0.1, -0.05) is 25.4 Å². The smallest absolute Gasteiger partial charge is 0.327 e. The third kappa shape index (κ3) is 3.38. The summed E-state index contributed by atoms with van der Waals surface area (Å²) in [6, 6.07) is 4.09. The Balaban J connectivity index is 2.36. The van der Waals surface area contributed by atoms with Crippen LogP contribution in [0.15, 0.2) is 22.7 Å². The van der Waals surface area contributed by atoms with Crippen LogP contribution in [-0.4, -0.2) is 39.1 Å². The van der Waals surface area contributed by atoms with Gasteiger partial charge in [-0.3, -0.25) is 4.79 Å². The van der Waals surface area contributed by atoms with Crippen molar-refractivity contribution in [2.45, 2.75) is 25.3 Å². The van der Waals surface area contributed by atoms with Crippen molar-refractivity contribution in [2.24, 2.45) is 5.92 Å². The first-order valence-corrected chi connectivity index (χ1v) is 8.67. The second-order valence-corrected chi connectivity index (χ2v) is 7.57. The zero-order chi connectivity index (χ0) is 15.7. The Morgan fingerprint density at radius 1 is 1.48 bits per heavy atom. The molecule has 0 bridgehead atoms. The summed E-state index contributed by atoms with van der Waals surface area (Å²) >= 11 is 10.7. The van der Waals surface area contributed by atoms with E-state index in [1.807, 2.05) is 13.8 Å². The van der Waals surface area contributed by atoms with Crippen molar-refractivity contribution < 1.29 is 14.7 Å². The average molecular weight is 393 g/mol. The van der Waals surface area contributed by atoms with E-state index in [0.29, 0.717) is 20.8 Å². The number of hydrogen-bond acceptors (Lipinski definition) is 3. The molecule has 114 valence electrons. The number of rotatable bonds is 3. The van der Waals surface area contributed by atoms with Crippen molar-refractivity contribution in [3.63, 3.8) is 0 Å². The van der Waals surface area contributed by atoms with Gasteiger partial charge in [0.15, 0.2) is 0 Å². The van der Waals surface area contributed by atoms with Crippen molar-refractivity contribution in [3.8, 4) is 0 Å². The number of carboxylic acids is 1. The zero-order valence-electron chi connectivity index (χ0n) is 11.5. The molecule has 0 aliphatic carbocycles. The summed E-state index contributed by atoms with van der Waals surface area (Å²) in [7, 11) is 0. The van der Waals surface area contributed by atoms with Crippen LogP contribution in [0.5, 0.6) is 0 Å². The molecule has 1 aromatic rings. The molecule has 1 aliphatic heterocycles. The van der Waals surface area contributed by atoms with E-state index in [4.69, 9.17) is 11.6 Å². The summed E-state index contributed by atoms with van der Waals surface area (Å²) in [4.78, 5) is 25.6. The standard InChI is InChI=1S/C14H15BrClNO3S/c1-7(2)13-17(11(6-21-13)14(19)20)12(18)8-3-4-10(16)9(15)5-8/h3-5,7,11,13H,6H2,1-2H3,(H,19,20). The lowest BCUT2D eigenvalue weighted by Crippen LogP contribution is -2.47. The van der Waals surface area contributed by atoms with Crippen molar-refractivity contribution in [1.29, 1.82) is 0 Å². The Kier molecular flexibility index (Phi) is 5.22. The van der Waals surface area contributed by atoms with Crippen LogP contribution in [0, 0.1) is 5.92 Å². The lowest BCUT2D eigenvalue weighted by atomic mass is 10.1. The SMILES string of the molecule is CC(C)C1SCC(C(=O)O)N1C(=O)c1ccc(Cl)c(Br)c1. The van der Waals surface area contributed by atoms with Gasteiger partial charge in [-0.25, -0.2) is 4.79 Å². The molecule has 1 heterocycles. The molecule has 1 N–H and O–H groups in total. The van der Waals surface area contributed by atoms with Gasteiger partial charge in [-0.2, -0.15) is 0 Å². The normalized spacial score (nSPS) is 21.9. The summed E-state index contributed by atoms with van der Waals surface area (Å²) < 4.78 is 0.620. The monoisotopic (exact) mass is 391 g/mol. The van der Waals surface area contributed by atoms with E-state index in [-0.39, 0.29) is 17.2 Å². The maximum Gasteiger partial charge on any atom is 0.327 e. The van der Waals surface area contributed by atoms with Crippen LogP contribution in [0.25, 0.3) is 0 Å². The highest BCUT2D eigenvalue weighted by Crippen LogP contribution is 2.35. The van der Waals surface area contributed by atoms with Crippen LogP contribution in [0.2, 0.25) is 5.02 Å². The predicted molar refractivity (Wildman–Crippen MR) is 87.8 cm³/mol. The van der Waals surface area contributed by atoms with E-state index in [2.05, 4.69) is 15.9 Å². The Bertz CT molecular complexity index is 581. The topological polar surface area (TPSA) is 57.6 Å². The van der Waals surface area contributed by atoms with E-state index < -0.39 is 12.0 Å². The van der Waals surface area contributed by atoms with E-state index in [1.54, 1.807) is 18.2 Å². The first-order valence-electron chi connectivity index (χ1n) is 6.45. The number of hydrogen-bond donors (Lipinski definition) is 1. The van der Waals surface area contributed by atoms with Gasteiger partial charge in [0.05, 0.1) is 10.4 Å². The van der Waals surface area contributed by atoms with Gasteiger partial charge in [0.25, 0.3) is 5.91 Å². The second-order valence-electron chi connectivity index (χ2n) is 5.16. The van der Waals surface area contributed by atoms with E-state index in [9.17, 15) is 14.7 Å². The summed E-state index contributed by atoms with van der Waals surface area (Å²) in [6.07, 6.45) is 0. The fourth-order valence-corrected chi connectivity index (χ4v) is 4.23. The Morgan fingerprint density at radius 3 is 2.67 bits per heavy atom. The van der Waals surface area contributed by atoms with Crippen LogP contribution in [0.1, 0.15) is 24.2 Å². The summed E-state index contributed by atoms with van der Waals surface area (Å²) in [6.45, 7) is 3.97. The first-order chi connectivity index (χ1) is 9.82. The zero-order valence-corrected chi connectivity index (χ0v) is 14.7. The number of thioether (sulfide) groups is 1. The Morgan fingerprint density at radius 2 is 2.14 bits per heavy atom. The minimum atomic E-state index is -0.966. The van der Waals surface area contributed by atoms with Gasteiger partial charge in [0.1, 0.15) is 6.04 Å². The molecule has 0 aromatic heterocycles. The molecule has 2 atom stereocenters. The number of amides is 1. The van der Waals surface area contributed by atoms with Gasteiger partial charge in [0.2, 0.25) is 0 Å². The van der Waals surface area contributed by atoms with Crippen LogP contribution < -0.4 is 0 Å². The molecule has 0 saturated carbocycles. The predicted octanol–water partition coefficient (Wildman–Crippen LogP) is 3.73. The fourth-order valence-electron chi connectivity index (χ4n) is 2.27. The van der Waals surface area contributed by atoms with Gasteiger partial charge in [-0.15, -0.1) is 11.8 Å². The van der Waals surface area contributed by atoms with Crippen molar-refractivity contribution >= 4 is 51.2 Å². The maximum absolute atomic E-state index is 12.7. The maximum atomic E-state index is 12.7. The molecule has 1 aliphatic rings. The molecular formula is C14H15BrClNO3S.